The number of aliphatic imine (C=N–C) groups is 2. The first-order chi connectivity index (χ1) is 9.24. The van der Waals surface area contributed by atoms with Crippen molar-refractivity contribution in [2.24, 2.45) is 20.9 Å². The Labute approximate surface area is 110 Å². The first-order valence-corrected chi connectivity index (χ1v) is 5.58. The maximum absolute atomic E-state index is 8.93. The summed E-state index contributed by atoms with van der Waals surface area (Å²) >= 11 is 0. The number of nitrogens with zero attached hydrogens (tertiary/aromatic N) is 3. The lowest BCUT2D eigenvalue weighted by molar-refractivity contribution is 0.0867. The molecule has 7 nitrogen and oxygen atoms in total. The molecule has 1 heterocycles. The first-order valence-electron chi connectivity index (χ1n) is 5.58. The van der Waals surface area contributed by atoms with E-state index in [2.05, 4.69) is 15.1 Å². The third kappa shape index (κ3) is 3.08. The van der Waals surface area contributed by atoms with E-state index >= 15 is 0 Å². The highest BCUT2D eigenvalue weighted by molar-refractivity contribution is 6.44. The van der Waals surface area contributed by atoms with Crippen molar-refractivity contribution in [3.63, 3.8) is 0 Å². The van der Waals surface area contributed by atoms with E-state index in [1.165, 1.54) is 7.11 Å². The summed E-state index contributed by atoms with van der Waals surface area (Å²) in [4.78, 5) is 7.84. The van der Waals surface area contributed by atoms with Crippen molar-refractivity contribution in [1.29, 1.82) is 0 Å². The van der Waals surface area contributed by atoms with Gasteiger partial charge in [0.1, 0.15) is 0 Å². The van der Waals surface area contributed by atoms with Crippen molar-refractivity contribution in [3.8, 4) is 0 Å². The van der Waals surface area contributed by atoms with Gasteiger partial charge in [0.15, 0.2) is 11.5 Å². The molecule has 1 aliphatic heterocycles. The van der Waals surface area contributed by atoms with Gasteiger partial charge in [-0.05, 0) is 5.56 Å². The topological polar surface area (TPSA) is 102 Å². The fourth-order valence-electron chi connectivity index (χ4n) is 1.54. The predicted octanol–water partition coefficient (Wildman–Crippen LogP) is 0.733. The largest absolute Gasteiger partial charge is 0.467 e. The van der Waals surface area contributed by atoms with Crippen LogP contribution >= 0.6 is 0 Å². The molecular weight excluding hydrogens is 248 g/mol. The van der Waals surface area contributed by atoms with E-state index in [1.807, 2.05) is 30.3 Å². The smallest absolute Gasteiger partial charge is 0.316 e. The van der Waals surface area contributed by atoms with Crippen LogP contribution in [0.25, 0.3) is 0 Å². The zero-order valence-corrected chi connectivity index (χ0v) is 10.4. The Morgan fingerprint density at radius 3 is 2.74 bits per heavy atom. The summed E-state index contributed by atoms with van der Waals surface area (Å²) in [7, 11) is 1.42. The minimum atomic E-state index is -0.836. The van der Waals surface area contributed by atoms with Crippen LogP contribution in [0.1, 0.15) is 5.56 Å². The van der Waals surface area contributed by atoms with Crippen molar-refractivity contribution >= 4 is 17.6 Å². The molecule has 1 aromatic rings. The van der Waals surface area contributed by atoms with Gasteiger partial charge in [0.25, 0.3) is 0 Å². The molecule has 2 rings (SSSR count). The lowest BCUT2D eigenvalue weighted by Crippen LogP contribution is -2.39. The molecule has 1 unspecified atom stereocenters. The summed E-state index contributed by atoms with van der Waals surface area (Å²) in [5, 5.41) is 12.0. The zero-order chi connectivity index (χ0) is 13.7. The monoisotopic (exact) mass is 262 g/mol. The van der Waals surface area contributed by atoms with Crippen LogP contribution in [0.2, 0.25) is 0 Å². The molecule has 100 valence electrons. The van der Waals surface area contributed by atoms with Crippen LogP contribution in [0.4, 0.5) is 0 Å². The summed E-state index contributed by atoms with van der Waals surface area (Å²) in [6.45, 7) is 0.304. The van der Waals surface area contributed by atoms with Gasteiger partial charge in [0.2, 0.25) is 6.23 Å². The molecule has 0 fully saturated rings. The van der Waals surface area contributed by atoms with Gasteiger partial charge in [-0.1, -0.05) is 35.5 Å². The highest BCUT2D eigenvalue weighted by atomic mass is 16.5. The number of methoxy groups -OCH3 is 1. The average Bonchev–Trinajstić information content (AvgIpc) is 2.45. The van der Waals surface area contributed by atoms with E-state index in [1.54, 1.807) is 0 Å². The standard InChI is InChI=1S/C12H14N4O3/c1-18-12-14-10(13)9(16-17)11(15-12)19-7-8-5-3-2-4-6-8/h2-6,11,17H,7H2,1H3,(H2,13,14,15)/b16-9-. The van der Waals surface area contributed by atoms with Crippen LogP contribution in [0.15, 0.2) is 45.5 Å². The molecule has 1 aromatic carbocycles. The van der Waals surface area contributed by atoms with E-state index in [4.69, 9.17) is 20.4 Å². The fraction of sp³-hybridized carbons (Fsp3) is 0.250. The van der Waals surface area contributed by atoms with Gasteiger partial charge in [-0.3, -0.25) is 0 Å². The molecule has 0 aromatic heterocycles. The SMILES string of the molecule is COC1=NC(OCc2ccccc2)/C(=N\O)C(N)=N1. The number of nitrogens with two attached hydrogens (primary N) is 1. The van der Waals surface area contributed by atoms with Crippen molar-refractivity contribution in [2.75, 3.05) is 7.11 Å². The molecule has 0 spiro atoms. The van der Waals surface area contributed by atoms with Crippen molar-refractivity contribution in [3.05, 3.63) is 35.9 Å². The van der Waals surface area contributed by atoms with Crippen molar-refractivity contribution < 1.29 is 14.7 Å². The summed E-state index contributed by atoms with van der Waals surface area (Å²) in [5.41, 5.74) is 6.67. The van der Waals surface area contributed by atoms with Gasteiger partial charge >= 0.3 is 6.02 Å². The Hall–Kier alpha value is -2.41. The molecule has 1 atom stereocenters. The van der Waals surface area contributed by atoms with E-state index in [0.29, 0.717) is 6.61 Å². The summed E-state index contributed by atoms with van der Waals surface area (Å²) < 4.78 is 10.5. The number of ether oxygens (including phenoxy) is 2. The Morgan fingerprint density at radius 2 is 2.11 bits per heavy atom. The summed E-state index contributed by atoms with van der Waals surface area (Å²) in [6.07, 6.45) is -0.836. The molecular formula is C12H14N4O3. The highest BCUT2D eigenvalue weighted by Crippen LogP contribution is 2.10. The van der Waals surface area contributed by atoms with Crippen LogP contribution in [0, 0.1) is 0 Å². The third-order valence-corrected chi connectivity index (χ3v) is 2.48. The van der Waals surface area contributed by atoms with Crippen LogP contribution in [0.3, 0.4) is 0 Å². The number of oxime groups is 1. The van der Waals surface area contributed by atoms with Gasteiger partial charge in [0.05, 0.1) is 13.7 Å². The number of benzene rings is 1. The Kier molecular flexibility index (Phi) is 4.09. The Balaban J connectivity index is 2.10. The predicted molar refractivity (Wildman–Crippen MR) is 70.3 cm³/mol. The van der Waals surface area contributed by atoms with Gasteiger partial charge in [-0.2, -0.15) is 9.98 Å². The van der Waals surface area contributed by atoms with Crippen molar-refractivity contribution in [2.45, 2.75) is 12.8 Å². The van der Waals surface area contributed by atoms with E-state index in [9.17, 15) is 0 Å². The van der Waals surface area contributed by atoms with Gasteiger partial charge in [-0.25, -0.2) is 0 Å². The second-order valence-electron chi connectivity index (χ2n) is 3.75. The van der Waals surface area contributed by atoms with Crippen LogP contribution in [-0.4, -0.2) is 36.1 Å². The zero-order valence-electron chi connectivity index (χ0n) is 10.4. The summed E-state index contributed by atoms with van der Waals surface area (Å²) in [6, 6.07) is 9.63. The Morgan fingerprint density at radius 1 is 1.37 bits per heavy atom. The molecule has 0 saturated carbocycles. The third-order valence-electron chi connectivity index (χ3n) is 2.48. The summed E-state index contributed by atoms with van der Waals surface area (Å²) in [5.74, 6) is 0.0208. The maximum Gasteiger partial charge on any atom is 0.316 e. The second kappa shape index (κ2) is 5.96. The van der Waals surface area contributed by atoms with E-state index < -0.39 is 6.23 Å². The number of hydrogen-bond donors (Lipinski definition) is 2. The van der Waals surface area contributed by atoms with Crippen molar-refractivity contribution in [1.82, 2.24) is 0 Å². The van der Waals surface area contributed by atoms with Crippen LogP contribution in [0.5, 0.6) is 0 Å². The lowest BCUT2D eigenvalue weighted by atomic mass is 10.2. The molecule has 0 amide bonds. The Bertz CT molecular complexity index is 525. The molecule has 0 aliphatic carbocycles. The molecule has 0 radical (unpaired) electrons. The second-order valence-corrected chi connectivity index (χ2v) is 3.75. The normalized spacial score (nSPS) is 20.9. The molecule has 19 heavy (non-hydrogen) atoms. The van der Waals surface area contributed by atoms with E-state index in [0.717, 1.165) is 5.56 Å². The molecule has 0 bridgehead atoms. The fourth-order valence-corrected chi connectivity index (χ4v) is 1.54. The highest BCUT2D eigenvalue weighted by Gasteiger charge is 2.26. The number of hydrogen-bond acceptors (Lipinski definition) is 7. The average molecular weight is 262 g/mol. The van der Waals surface area contributed by atoms with Gasteiger partial charge in [-0.15, -0.1) is 0 Å². The number of rotatable bonds is 3. The quantitative estimate of drug-likeness (QED) is 0.619. The maximum atomic E-state index is 8.93. The lowest BCUT2D eigenvalue weighted by Gasteiger charge is -2.18. The van der Waals surface area contributed by atoms with Crippen LogP contribution in [-0.2, 0) is 16.1 Å². The minimum Gasteiger partial charge on any atom is -0.467 e. The van der Waals surface area contributed by atoms with E-state index in [-0.39, 0.29) is 17.6 Å². The number of amidine groups is 2. The van der Waals surface area contributed by atoms with Gasteiger partial charge in [0, 0.05) is 0 Å². The van der Waals surface area contributed by atoms with Crippen LogP contribution < -0.4 is 5.73 Å². The molecule has 0 saturated heterocycles. The van der Waals surface area contributed by atoms with Gasteiger partial charge < -0.3 is 20.4 Å². The first kappa shape index (κ1) is 13.0. The minimum absolute atomic E-state index is 0.0208. The molecule has 1 aliphatic rings. The molecule has 7 heteroatoms. The molecule has 3 N–H and O–H groups in total.